The van der Waals surface area contributed by atoms with Crippen LogP contribution in [0.5, 0.6) is 0 Å². The minimum Gasteiger partial charge on any atom is -0.366 e. The van der Waals surface area contributed by atoms with Gasteiger partial charge in [-0.3, -0.25) is 4.90 Å². The predicted octanol–water partition coefficient (Wildman–Crippen LogP) is 1.90. The van der Waals surface area contributed by atoms with Gasteiger partial charge in [-0.15, -0.1) is 10.2 Å². The van der Waals surface area contributed by atoms with Gasteiger partial charge in [-0.2, -0.15) is 18.4 Å². The van der Waals surface area contributed by atoms with Gasteiger partial charge in [-0.05, 0) is 25.0 Å². The number of halogens is 3. The third kappa shape index (κ3) is 3.81. The largest absolute Gasteiger partial charge is 0.435 e. The van der Waals surface area contributed by atoms with Crippen LogP contribution in [-0.4, -0.2) is 40.8 Å². The normalized spacial score (nSPS) is 17.7. The molecule has 0 aromatic carbocycles. The number of alkyl halides is 3. The standard InChI is InChI=1S/C12H14F3N5/c13-12(14,15)10-1-2-11(19-18-10)17-9-3-6-20(7-4-9)8-5-16/h1-2,9H,3-4,6-8H2,(H,17,19). The van der Waals surface area contributed by atoms with Gasteiger partial charge >= 0.3 is 6.18 Å². The molecule has 1 fully saturated rings. The highest BCUT2D eigenvalue weighted by molar-refractivity contribution is 5.34. The number of nitrogens with one attached hydrogen (secondary N) is 1. The van der Waals surface area contributed by atoms with Crippen LogP contribution in [0.1, 0.15) is 18.5 Å². The average molecular weight is 285 g/mol. The molecule has 1 aliphatic rings. The van der Waals surface area contributed by atoms with Crippen LogP contribution in [0.4, 0.5) is 19.0 Å². The maximum atomic E-state index is 12.3. The summed E-state index contributed by atoms with van der Waals surface area (Å²) in [5.41, 5.74) is -0.994. The van der Waals surface area contributed by atoms with Gasteiger partial charge in [0.25, 0.3) is 0 Å². The van der Waals surface area contributed by atoms with Gasteiger partial charge in [0, 0.05) is 19.1 Å². The molecule has 1 aromatic heterocycles. The molecule has 5 nitrogen and oxygen atoms in total. The Bertz CT molecular complexity index is 471. The third-order valence-corrected chi connectivity index (χ3v) is 3.19. The molecule has 0 bridgehead atoms. The molecular weight excluding hydrogens is 271 g/mol. The molecule has 2 heterocycles. The van der Waals surface area contributed by atoms with E-state index in [2.05, 4.69) is 21.6 Å². The zero-order chi connectivity index (χ0) is 14.6. The van der Waals surface area contributed by atoms with Crippen molar-refractivity contribution in [3.8, 4) is 6.07 Å². The monoisotopic (exact) mass is 285 g/mol. The van der Waals surface area contributed by atoms with Gasteiger partial charge < -0.3 is 5.32 Å². The van der Waals surface area contributed by atoms with Crippen LogP contribution in [0.25, 0.3) is 0 Å². The highest BCUT2D eigenvalue weighted by atomic mass is 19.4. The second kappa shape index (κ2) is 6.05. The zero-order valence-electron chi connectivity index (χ0n) is 10.7. The smallest absolute Gasteiger partial charge is 0.366 e. The van der Waals surface area contributed by atoms with Crippen LogP contribution in [-0.2, 0) is 6.18 Å². The lowest BCUT2D eigenvalue weighted by Crippen LogP contribution is -2.39. The van der Waals surface area contributed by atoms with Crippen molar-refractivity contribution >= 4 is 5.82 Å². The first kappa shape index (κ1) is 14.5. The van der Waals surface area contributed by atoms with E-state index in [0.717, 1.165) is 32.0 Å². The highest BCUT2D eigenvalue weighted by Crippen LogP contribution is 2.27. The summed E-state index contributed by atoms with van der Waals surface area (Å²) < 4.78 is 37.0. The Hall–Kier alpha value is -1.88. The number of hydrogen-bond acceptors (Lipinski definition) is 5. The molecule has 1 aliphatic heterocycles. The fourth-order valence-corrected chi connectivity index (χ4v) is 2.10. The number of rotatable bonds is 3. The van der Waals surface area contributed by atoms with Crippen molar-refractivity contribution in [2.75, 3.05) is 25.0 Å². The van der Waals surface area contributed by atoms with Crippen molar-refractivity contribution in [3.05, 3.63) is 17.8 Å². The fourth-order valence-electron chi connectivity index (χ4n) is 2.10. The average Bonchev–Trinajstić information content (AvgIpc) is 2.41. The van der Waals surface area contributed by atoms with Crippen molar-refractivity contribution in [1.29, 1.82) is 5.26 Å². The number of aromatic nitrogens is 2. The van der Waals surface area contributed by atoms with Crippen LogP contribution in [0, 0.1) is 11.3 Å². The van der Waals surface area contributed by atoms with Crippen LogP contribution < -0.4 is 5.32 Å². The SMILES string of the molecule is N#CCN1CCC(Nc2ccc(C(F)(F)F)nn2)CC1. The molecule has 108 valence electrons. The third-order valence-electron chi connectivity index (χ3n) is 3.19. The highest BCUT2D eigenvalue weighted by Gasteiger charge is 2.33. The molecule has 0 spiro atoms. The molecule has 8 heteroatoms. The topological polar surface area (TPSA) is 64.8 Å². The van der Waals surface area contributed by atoms with Crippen molar-refractivity contribution in [2.24, 2.45) is 0 Å². The summed E-state index contributed by atoms with van der Waals surface area (Å²) in [6.07, 6.45) is -2.82. The Morgan fingerprint density at radius 3 is 2.50 bits per heavy atom. The number of likely N-dealkylation sites (tertiary alicyclic amines) is 1. The summed E-state index contributed by atoms with van der Waals surface area (Å²) in [5.74, 6) is 0.344. The molecule has 2 rings (SSSR count). The van der Waals surface area contributed by atoms with E-state index in [1.807, 2.05) is 4.90 Å². The van der Waals surface area contributed by atoms with Gasteiger partial charge in [-0.1, -0.05) is 0 Å². The maximum Gasteiger partial charge on any atom is 0.435 e. The van der Waals surface area contributed by atoms with Crippen LogP contribution in [0.3, 0.4) is 0 Å². The Balaban J connectivity index is 1.87. The number of piperidine rings is 1. The van der Waals surface area contributed by atoms with Crippen molar-refractivity contribution in [1.82, 2.24) is 15.1 Å². The lowest BCUT2D eigenvalue weighted by atomic mass is 10.1. The Morgan fingerprint density at radius 1 is 1.30 bits per heavy atom. The summed E-state index contributed by atoms with van der Waals surface area (Å²) >= 11 is 0. The van der Waals surface area contributed by atoms with E-state index in [4.69, 9.17) is 5.26 Å². The van der Waals surface area contributed by atoms with E-state index in [0.29, 0.717) is 12.4 Å². The summed E-state index contributed by atoms with van der Waals surface area (Å²) in [5, 5.41) is 18.4. The lowest BCUT2D eigenvalue weighted by molar-refractivity contribution is -0.141. The molecule has 0 radical (unpaired) electrons. The van der Waals surface area contributed by atoms with Gasteiger partial charge in [0.15, 0.2) is 5.69 Å². The first-order chi connectivity index (χ1) is 9.49. The molecular formula is C12H14F3N5. The first-order valence-corrected chi connectivity index (χ1v) is 6.26. The molecule has 0 amide bonds. The van der Waals surface area contributed by atoms with Crippen LogP contribution >= 0.6 is 0 Å². The fraction of sp³-hybridized carbons (Fsp3) is 0.583. The number of anilines is 1. The Kier molecular flexibility index (Phi) is 4.39. The number of nitriles is 1. The summed E-state index contributed by atoms with van der Waals surface area (Å²) in [4.78, 5) is 2.04. The van der Waals surface area contributed by atoms with E-state index in [9.17, 15) is 13.2 Å². The second-order valence-electron chi connectivity index (χ2n) is 4.65. The predicted molar refractivity (Wildman–Crippen MR) is 65.7 cm³/mol. The summed E-state index contributed by atoms with van der Waals surface area (Å²) in [6.45, 7) is 1.99. The molecule has 1 saturated heterocycles. The minimum atomic E-state index is -4.46. The molecule has 0 saturated carbocycles. The van der Waals surface area contributed by atoms with Gasteiger partial charge in [0.2, 0.25) is 0 Å². The van der Waals surface area contributed by atoms with E-state index in [1.165, 1.54) is 6.07 Å². The summed E-state index contributed by atoms with van der Waals surface area (Å²) in [6, 6.07) is 4.45. The van der Waals surface area contributed by atoms with Crippen LogP contribution in [0.15, 0.2) is 12.1 Å². The molecule has 0 atom stereocenters. The van der Waals surface area contributed by atoms with E-state index < -0.39 is 11.9 Å². The van der Waals surface area contributed by atoms with Gasteiger partial charge in [0.05, 0.1) is 12.6 Å². The number of hydrogen-bond donors (Lipinski definition) is 1. The van der Waals surface area contributed by atoms with E-state index in [-0.39, 0.29) is 6.04 Å². The molecule has 20 heavy (non-hydrogen) atoms. The second-order valence-corrected chi connectivity index (χ2v) is 4.65. The summed E-state index contributed by atoms with van der Waals surface area (Å²) in [7, 11) is 0. The maximum absolute atomic E-state index is 12.3. The van der Waals surface area contributed by atoms with Gasteiger partial charge in [0.1, 0.15) is 5.82 Å². The Labute approximate surface area is 114 Å². The van der Waals surface area contributed by atoms with Crippen molar-refractivity contribution in [2.45, 2.75) is 25.1 Å². The molecule has 1 aromatic rings. The quantitative estimate of drug-likeness (QED) is 0.859. The molecule has 0 aliphatic carbocycles. The van der Waals surface area contributed by atoms with Crippen molar-refractivity contribution < 1.29 is 13.2 Å². The van der Waals surface area contributed by atoms with Crippen molar-refractivity contribution in [3.63, 3.8) is 0 Å². The van der Waals surface area contributed by atoms with E-state index in [1.54, 1.807) is 0 Å². The van der Waals surface area contributed by atoms with Crippen LogP contribution in [0.2, 0.25) is 0 Å². The first-order valence-electron chi connectivity index (χ1n) is 6.26. The minimum absolute atomic E-state index is 0.149. The van der Waals surface area contributed by atoms with Gasteiger partial charge in [-0.25, -0.2) is 0 Å². The molecule has 1 N–H and O–H groups in total. The van der Waals surface area contributed by atoms with E-state index >= 15 is 0 Å². The number of nitrogens with zero attached hydrogens (tertiary/aromatic N) is 4. The molecule has 0 unspecified atom stereocenters. The zero-order valence-corrected chi connectivity index (χ0v) is 10.7. The Morgan fingerprint density at radius 2 is 2.00 bits per heavy atom. The lowest BCUT2D eigenvalue weighted by Gasteiger charge is -2.30.